The molecule has 1 aliphatic rings. The summed E-state index contributed by atoms with van der Waals surface area (Å²) < 4.78 is 0. The topological polar surface area (TPSA) is 28.2 Å². The Balaban J connectivity index is 1.91. The van der Waals surface area contributed by atoms with Crippen molar-refractivity contribution in [3.63, 3.8) is 0 Å². The Morgan fingerprint density at radius 3 is 2.93 bits per heavy atom. The number of thiazole rings is 1. The summed E-state index contributed by atoms with van der Waals surface area (Å²) in [6, 6.07) is 1.29. The van der Waals surface area contributed by atoms with Crippen molar-refractivity contribution in [2.75, 3.05) is 11.9 Å². The minimum atomic E-state index is 0.539. The van der Waals surface area contributed by atoms with Gasteiger partial charge in [-0.15, -0.1) is 11.3 Å². The Labute approximate surface area is 95.5 Å². The van der Waals surface area contributed by atoms with E-state index in [4.69, 9.17) is 0 Å². The largest absolute Gasteiger partial charge is 0.348 e. The number of anilines is 1. The zero-order valence-electron chi connectivity index (χ0n) is 9.66. The molecule has 0 unspecified atom stereocenters. The lowest BCUT2D eigenvalue weighted by Crippen LogP contribution is -2.21. The Morgan fingerprint density at radius 1 is 1.60 bits per heavy atom. The smallest absolute Gasteiger partial charge is 0.185 e. The monoisotopic (exact) mass is 225 g/mol. The molecular weight excluding hydrogens is 206 g/mol. The normalized spacial score (nSPS) is 16.0. The predicted molar refractivity (Wildman–Crippen MR) is 65.5 cm³/mol. The molecule has 0 atom stereocenters. The number of hydrogen-bond donors (Lipinski definition) is 1. The van der Waals surface area contributed by atoms with Crippen LogP contribution >= 0.6 is 11.3 Å². The van der Waals surface area contributed by atoms with Gasteiger partial charge < -0.3 is 10.2 Å². The van der Waals surface area contributed by atoms with E-state index in [0.717, 1.165) is 17.7 Å². The van der Waals surface area contributed by atoms with E-state index in [9.17, 15) is 0 Å². The van der Waals surface area contributed by atoms with Gasteiger partial charge in [-0.2, -0.15) is 0 Å². The van der Waals surface area contributed by atoms with Crippen LogP contribution in [-0.2, 0) is 6.54 Å². The van der Waals surface area contributed by atoms with Crippen molar-refractivity contribution in [1.82, 2.24) is 10.3 Å². The first-order valence-corrected chi connectivity index (χ1v) is 6.39. The molecule has 0 amide bonds. The van der Waals surface area contributed by atoms with Crippen molar-refractivity contribution in [2.45, 2.75) is 45.3 Å². The summed E-state index contributed by atoms with van der Waals surface area (Å²) in [5, 5.41) is 4.58. The molecule has 1 aromatic heterocycles. The highest BCUT2D eigenvalue weighted by atomic mass is 32.1. The fourth-order valence-electron chi connectivity index (χ4n) is 1.46. The van der Waals surface area contributed by atoms with Crippen molar-refractivity contribution < 1.29 is 0 Å². The summed E-state index contributed by atoms with van der Waals surface area (Å²) >= 11 is 1.80. The van der Waals surface area contributed by atoms with Gasteiger partial charge in [0.05, 0.1) is 0 Å². The second kappa shape index (κ2) is 4.49. The molecular formula is C11H19N3S. The second-order valence-corrected chi connectivity index (χ2v) is 5.58. The van der Waals surface area contributed by atoms with E-state index in [1.54, 1.807) is 11.3 Å². The van der Waals surface area contributed by atoms with Crippen molar-refractivity contribution in [1.29, 1.82) is 0 Å². The third kappa shape index (κ3) is 2.92. The summed E-state index contributed by atoms with van der Waals surface area (Å²) in [5.41, 5.74) is 0. The number of hydrogen-bond acceptors (Lipinski definition) is 4. The number of nitrogens with one attached hydrogen (secondary N) is 1. The standard InChI is InChI=1S/C11H19N3S/c1-8(2)12-6-10-7-13-11(15-10)14(3)9-4-5-9/h7-9,12H,4-6H2,1-3H3. The second-order valence-electron chi connectivity index (χ2n) is 4.49. The highest BCUT2D eigenvalue weighted by molar-refractivity contribution is 7.15. The molecule has 0 radical (unpaired) electrons. The van der Waals surface area contributed by atoms with Crippen LogP contribution < -0.4 is 10.2 Å². The van der Waals surface area contributed by atoms with Crippen LogP contribution in [0.4, 0.5) is 5.13 Å². The zero-order valence-corrected chi connectivity index (χ0v) is 10.5. The van der Waals surface area contributed by atoms with Crippen LogP contribution in [0, 0.1) is 0 Å². The molecule has 4 heteroatoms. The van der Waals surface area contributed by atoms with Crippen LogP contribution in [0.15, 0.2) is 6.20 Å². The van der Waals surface area contributed by atoms with Gasteiger partial charge in [0, 0.05) is 36.8 Å². The lowest BCUT2D eigenvalue weighted by atomic mass is 10.4. The lowest BCUT2D eigenvalue weighted by molar-refractivity contribution is 0.593. The molecule has 0 aliphatic heterocycles. The Kier molecular flexibility index (Phi) is 3.26. The van der Waals surface area contributed by atoms with E-state index in [1.807, 2.05) is 6.20 Å². The molecule has 0 spiro atoms. The van der Waals surface area contributed by atoms with E-state index in [2.05, 4.69) is 36.1 Å². The first kappa shape index (κ1) is 10.9. The highest BCUT2D eigenvalue weighted by Gasteiger charge is 2.27. The maximum absolute atomic E-state index is 4.46. The van der Waals surface area contributed by atoms with Crippen molar-refractivity contribution in [3.8, 4) is 0 Å². The van der Waals surface area contributed by atoms with Gasteiger partial charge >= 0.3 is 0 Å². The van der Waals surface area contributed by atoms with Crippen LogP contribution in [0.2, 0.25) is 0 Å². The molecule has 1 N–H and O–H groups in total. The van der Waals surface area contributed by atoms with E-state index < -0.39 is 0 Å². The first-order chi connectivity index (χ1) is 7.16. The fourth-order valence-corrected chi connectivity index (χ4v) is 2.36. The molecule has 1 heterocycles. The van der Waals surface area contributed by atoms with Crippen molar-refractivity contribution in [3.05, 3.63) is 11.1 Å². The maximum Gasteiger partial charge on any atom is 0.185 e. The van der Waals surface area contributed by atoms with Gasteiger partial charge in [0.2, 0.25) is 0 Å². The minimum absolute atomic E-state index is 0.539. The summed E-state index contributed by atoms with van der Waals surface area (Å²) in [5.74, 6) is 0. The van der Waals surface area contributed by atoms with Gasteiger partial charge in [0.25, 0.3) is 0 Å². The molecule has 2 rings (SSSR count). The molecule has 1 aliphatic carbocycles. The van der Waals surface area contributed by atoms with E-state index >= 15 is 0 Å². The van der Waals surface area contributed by atoms with Gasteiger partial charge in [-0.3, -0.25) is 0 Å². The molecule has 3 nitrogen and oxygen atoms in total. The van der Waals surface area contributed by atoms with Crippen molar-refractivity contribution in [2.24, 2.45) is 0 Å². The Morgan fingerprint density at radius 2 is 2.33 bits per heavy atom. The number of aromatic nitrogens is 1. The molecule has 15 heavy (non-hydrogen) atoms. The maximum atomic E-state index is 4.46. The van der Waals surface area contributed by atoms with Gasteiger partial charge in [-0.05, 0) is 12.8 Å². The molecule has 0 aromatic carbocycles. The molecule has 1 saturated carbocycles. The van der Waals surface area contributed by atoms with Crippen LogP contribution in [-0.4, -0.2) is 24.1 Å². The van der Waals surface area contributed by atoms with Crippen molar-refractivity contribution >= 4 is 16.5 Å². The molecule has 84 valence electrons. The van der Waals surface area contributed by atoms with E-state index in [0.29, 0.717) is 6.04 Å². The average Bonchev–Trinajstić information content (AvgIpc) is 2.93. The number of nitrogens with zero attached hydrogens (tertiary/aromatic N) is 2. The zero-order chi connectivity index (χ0) is 10.8. The molecule has 0 bridgehead atoms. The van der Waals surface area contributed by atoms with Crippen LogP contribution in [0.1, 0.15) is 31.6 Å². The quantitative estimate of drug-likeness (QED) is 0.833. The molecule has 1 aromatic rings. The van der Waals surface area contributed by atoms with Gasteiger partial charge in [0.1, 0.15) is 0 Å². The third-order valence-corrected chi connectivity index (χ3v) is 3.71. The third-order valence-electron chi connectivity index (χ3n) is 2.62. The van der Waals surface area contributed by atoms with Gasteiger partial charge in [-0.25, -0.2) is 4.98 Å². The Hall–Kier alpha value is -0.610. The molecule has 0 saturated heterocycles. The van der Waals surface area contributed by atoms with E-state index in [1.165, 1.54) is 17.7 Å². The lowest BCUT2D eigenvalue weighted by Gasteiger charge is -2.13. The fraction of sp³-hybridized carbons (Fsp3) is 0.727. The average molecular weight is 225 g/mol. The SMILES string of the molecule is CC(C)NCc1cnc(N(C)C2CC2)s1. The summed E-state index contributed by atoms with van der Waals surface area (Å²) in [7, 11) is 2.15. The minimum Gasteiger partial charge on any atom is -0.348 e. The Bertz CT molecular complexity index is 317. The van der Waals surface area contributed by atoms with Crippen LogP contribution in [0.25, 0.3) is 0 Å². The summed E-state index contributed by atoms with van der Waals surface area (Å²) in [4.78, 5) is 8.09. The van der Waals surface area contributed by atoms with Gasteiger partial charge in [0.15, 0.2) is 5.13 Å². The van der Waals surface area contributed by atoms with Gasteiger partial charge in [-0.1, -0.05) is 13.8 Å². The summed E-state index contributed by atoms with van der Waals surface area (Å²) in [6.45, 7) is 5.27. The first-order valence-electron chi connectivity index (χ1n) is 5.57. The number of rotatable bonds is 5. The van der Waals surface area contributed by atoms with Crippen LogP contribution in [0.3, 0.4) is 0 Å². The molecule has 1 fully saturated rings. The highest BCUT2D eigenvalue weighted by Crippen LogP contribution is 2.32. The van der Waals surface area contributed by atoms with E-state index in [-0.39, 0.29) is 0 Å². The predicted octanol–water partition coefficient (Wildman–Crippen LogP) is 2.24. The summed E-state index contributed by atoms with van der Waals surface area (Å²) in [6.07, 6.45) is 4.65. The van der Waals surface area contributed by atoms with Crippen LogP contribution in [0.5, 0.6) is 0 Å².